The number of likely N-dealkylation sites (tertiary alicyclic amines) is 1. The molecule has 1 aliphatic rings. The lowest BCUT2D eigenvalue weighted by atomic mass is 10.0. The number of hydrogen-bond donors (Lipinski definition) is 1. The number of benzene rings is 1. The van der Waals surface area contributed by atoms with E-state index in [0.29, 0.717) is 29.7 Å². The molecule has 0 unspecified atom stereocenters. The van der Waals surface area contributed by atoms with E-state index in [1.807, 2.05) is 24.9 Å². The molecular weight excluding hydrogens is 360 g/mol. The monoisotopic (exact) mass is 384 g/mol. The van der Waals surface area contributed by atoms with Gasteiger partial charge in [-0.1, -0.05) is 6.92 Å². The first-order chi connectivity index (χ1) is 11.1. The Morgan fingerprint density at radius 2 is 2.26 bits per heavy atom. The van der Waals surface area contributed by atoms with Gasteiger partial charge in [0.25, 0.3) is 5.91 Å². The summed E-state index contributed by atoms with van der Waals surface area (Å²) >= 11 is 3.50. The number of hydrogen-bond acceptors (Lipinski definition) is 4. The molecule has 1 heterocycles. The van der Waals surface area contributed by atoms with Crippen LogP contribution in [0.2, 0.25) is 0 Å². The van der Waals surface area contributed by atoms with Crippen molar-refractivity contribution in [3.05, 3.63) is 22.2 Å². The minimum absolute atomic E-state index is 0.0333. The number of methoxy groups -OCH3 is 1. The lowest BCUT2D eigenvalue weighted by Crippen LogP contribution is -2.46. The molecule has 0 aliphatic carbocycles. The van der Waals surface area contributed by atoms with Crippen molar-refractivity contribution in [2.45, 2.75) is 32.2 Å². The van der Waals surface area contributed by atoms with Gasteiger partial charge in [-0.3, -0.25) is 4.79 Å². The predicted octanol–water partition coefficient (Wildman–Crippen LogP) is 3.07. The standard InChI is InChI=1S/C17H25BrN2O3/c1-4-8-23-16-14(18)9-12(10-15(16)22-3)17(21)20-7-5-6-13(11-20)19-2/h9-10,13,19H,4-8,11H2,1-3H3/t13-/m1/s1. The van der Waals surface area contributed by atoms with Crippen LogP contribution >= 0.6 is 15.9 Å². The number of ether oxygens (including phenoxy) is 2. The van der Waals surface area contributed by atoms with Gasteiger partial charge in [-0.25, -0.2) is 0 Å². The molecule has 1 aromatic rings. The van der Waals surface area contributed by atoms with E-state index in [0.717, 1.165) is 36.8 Å². The molecule has 1 aliphatic heterocycles. The summed E-state index contributed by atoms with van der Waals surface area (Å²) in [5.41, 5.74) is 0.620. The van der Waals surface area contributed by atoms with Crippen LogP contribution in [0.1, 0.15) is 36.5 Å². The molecule has 1 saturated heterocycles. The maximum absolute atomic E-state index is 12.8. The zero-order valence-corrected chi connectivity index (χ0v) is 15.6. The van der Waals surface area contributed by atoms with E-state index in [2.05, 4.69) is 21.2 Å². The van der Waals surface area contributed by atoms with Gasteiger partial charge in [0.15, 0.2) is 11.5 Å². The van der Waals surface area contributed by atoms with Gasteiger partial charge in [0.05, 0.1) is 18.2 Å². The second-order valence-corrected chi connectivity index (χ2v) is 6.57. The number of nitrogens with one attached hydrogen (secondary N) is 1. The Kier molecular flexibility index (Phi) is 6.72. The second-order valence-electron chi connectivity index (χ2n) is 5.72. The first-order valence-electron chi connectivity index (χ1n) is 8.07. The van der Waals surface area contributed by atoms with E-state index >= 15 is 0 Å². The van der Waals surface area contributed by atoms with Gasteiger partial charge in [-0.05, 0) is 54.4 Å². The first kappa shape index (κ1) is 18.1. The highest BCUT2D eigenvalue weighted by Gasteiger charge is 2.25. The van der Waals surface area contributed by atoms with E-state index in [1.165, 1.54) is 0 Å². The van der Waals surface area contributed by atoms with Crippen molar-refractivity contribution >= 4 is 21.8 Å². The highest BCUT2D eigenvalue weighted by atomic mass is 79.9. The largest absolute Gasteiger partial charge is 0.493 e. The van der Waals surface area contributed by atoms with Gasteiger partial charge >= 0.3 is 0 Å². The van der Waals surface area contributed by atoms with Crippen molar-refractivity contribution in [2.75, 3.05) is 33.9 Å². The van der Waals surface area contributed by atoms with Crippen molar-refractivity contribution in [3.63, 3.8) is 0 Å². The fourth-order valence-electron chi connectivity index (χ4n) is 2.77. The quantitative estimate of drug-likeness (QED) is 0.818. The van der Waals surface area contributed by atoms with Crippen molar-refractivity contribution in [1.82, 2.24) is 10.2 Å². The Bertz CT molecular complexity index is 551. The lowest BCUT2D eigenvalue weighted by Gasteiger charge is -2.32. The Balaban J connectivity index is 2.21. The van der Waals surface area contributed by atoms with Crippen molar-refractivity contribution in [2.24, 2.45) is 0 Å². The molecule has 1 N–H and O–H groups in total. The summed E-state index contributed by atoms with van der Waals surface area (Å²) in [6.45, 7) is 4.19. The van der Waals surface area contributed by atoms with Crippen molar-refractivity contribution in [1.29, 1.82) is 0 Å². The average molecular weight is 385 g/mol. The fourth-order valence-corrected chi connectivity index (χ4v) is 3.32. The van der Waals surface area contributed by atoms with E-state index in [4.69, 9.17) is 9.47 Å². The average Bonchev–Trinajstić information content (AvgIpc) is 2.59. The maximum Gasteiger partial charge on any atom is 0.254 e. The van der Waals surface area contributed by atoms with E-state index in [1.54, 1.807) is 13.2 Å². The highest BCUT2D eigenvalue weighted by Crippen LogP contribution is 2.37. The molecule has 1 amide bonds. The third kappa shape index (κ3) is 4.38. The molecule has 0 saturated carbocycles. The zero-order chi connectivity index (χ0) is 16.8. The number of halogens is 1. The van der Waals surface area contributed by atoms with Crippen LogP contribution in [0.4, 0.5) is 0 Å². The number of piperidine rings is 1. The van der Waals surface area contributed by atoms with Gasteiger partial charge in [-0.2, -0.15) is 0 Å². The molecular formula is C17H25BrN2O3. The minimum atomic E-state index is 0.0333. The lowest BCUT2D eigenvalue weighted by molar-refractivity contribution is 0.0697. The van der Waals surface area contributed by atoms with Gasteiger partial charge in [-0.15, -0.1) is 0 Å². The SMILES string of the molecule is CCCOc1c(Br)cc(C(=O)N2CCC[C@@H](NC)C2)cc1OC. The normalized spacial score (nSPS) is 17.9. The Labute approximate surface area is 146 Å². The molecule has 128 valence electrons. The summed E-state index contributed by atoms with van der Waals surface area (Å²) < 4.78 is 11.9. The molecule has 1 fully saturated rings. The fraction of sp³-hybridized carbons (Fsp3) is 0.588. The molecule has 0 bridgehead atoms. The van der Waals surface area contributed by atoms with Crippen LogP contribution in [-0.2, 0) is 0 Å². The number of carbonyl (C=O) groups excluding carboxylic acids is 1. The van der Waals surface area contributed by atoms with E-state index in [-0.39, 0.29) is 5.91 Å². The maximum atomic E-state index is 12.8. The summed E-state index contributed by atoms with van der Waals surface area (Å²) in [7, 11) is 3.53. The third-order valence-electron chi connectivity index (χ3n) is 4.04. The zero-order valence-electron chi connectivity index (χ0n) is 14.0. The molecule has 6 heteroatoms. The van der Waals surface area contributed by atoms with Crippen LogP contribution in [-0.4, -0.2) is 50.7 Å². The number of amides is 1. The smallest absolute Gasteiger partial charge is 0.254 e. The number of nitrogens with zero attached hydrogens (tertiary/aromatic N) is 1. The highest BCUT2D eigenvalue weighted by molar-refractivity contribution is 9.10. The Morgan fingerprint density at radius 3 is 2.91 bits per heavy atom. The van der Waals surface area contributed by atoms with Gasteiger partial charge in [0.1, 0.15) is 0 Å². The summed E-state index contributed by atoms with van der Waals surface area (Å²) in [4.78, 5) is 14.7. The third-order valence-corrected chi connectivity index (χ3v) is 4.63. The van der Waals surface area contributed by atoms with E-state index < -0.39 is 0 Å². The van der Waals surface area contributed by atoms with Crippen LogP contribution in [0.3, 0.4) is 0 Å². The molecule has 2 rings (SSSR count). The summed E-state index contributed by atoms with van der Waals surface area (Å²) in [6, 6.07) is 3.95. The summed E-state index contributed by atoms with van der Waals surface area (Å²) in [5, 5.41) is 3.26. The molecule has 5 nitrogen and oxygen atoms in total. The molecule has 0 radical (unpaired) electrons. The molecule has 1 atom stereocenters. The van der Waals surface area contributed by atoms with Gasteiger partial charge in [0.2, 0.25) is 0 Å². The summed E-state index contributed by atoms with van der Waals surface area (Å²) in [6.07, 6.45) is 3.04. The Morgan fingerprint density at radius 1 is 1.48 bits per heavy atom. The number of rotatable bonds is 6. The first-order valence-corrected chi connectivity index (χ1v) is 8.86. The minimum Gasteiger partial charge on any atom is -0.493 e. The van der Waals surface area contributed by atoms with Gasteiger partial charge < -0.3 is 19.7 Å². The van der Waals surface area contributed by atoms with Crippen LogP contribution in [0, 0.1) is 0 Å². The van der Waals surface area contributed by atoms with Crippen LogP contribution in [0.5, 0.6) is 11.5 Å². The summed E-state index contributed by atoms with van der Waals surface area (Å²) in [5.74, 6) is 1.27. The van der Waals surface area contributed by atoms with Gasteiger partial charge in [0, 0.05) is 24.7 Å². The van der Waals surface area contributed by atoms with Crippen LogP contribution in [0.15, 0.2) is 16.6 Å². The number of carbonyl (C=O) groups is 1. The van der Waals surface area contributed by atoms with Crippen LogP contribution in [0.25, 0.3) is 0 Å². The van der Waals surface area contributed by atoms with E-state index in [9.17, 15) is 4.79 Å². The molecule has 1 aromatic carbocycles. The molecule has 23 heavy (non-hydrogen) atoms. The van der Waals surface area contributed by atoms with Crippen LogP contribution < -0.4 is 14.8 Å². The predicted molar refractivity (Wildman–Crippen MR) is 94.5 cm³/mol. The number of likely N-dealkylation sites (N-methyl/N-ethyl adjacent to an activating group) is 1. The molecule has 0 aromatic heterocycles. The van der Waals surface area contributed by atoms with Crippen molar-refractivity contribution < 1.29 is 14.3 Å². The second kappa shape index (κ2) is 8.55. The topological polar surface area (TPSA) is 50.8 Å². The van der Waals surface area contributed by atoms with Crippen molar-refractivity contribution in [3.8, 4) is 11.5 Å². The molecule has 0 spiro atoms. The Hall–Kier alpha value is -1.27.